The van der Waals surface area contributed by atoms with Gasteiger partial charge in [0.1, 0.15) is 41.8 Å². The standard InChI is InChI=1S/C36H28ClFN4O5S/c37-31-21-27(10-14-34(31)46-22-24-5-4-6-26(38)19-24)42-36-30-20-25(9-13-32(30)40-23-41-36)33-15-11-28(47-33)12-16-35(43)39-17-18-48(44,45)29-7-2-1-3-8-29/h1-16,19-21,23H,17-18,22H2,(H,39,43)(H,40,41,42). The van der Waals surface area contributed by atoms with E-state index in [1.807, 2.05) is 18.2 Å². The van der Waals surface area contributed by atoms with Gasteiger partial charge >= 0.3 is 0 Å². The van der Waals surface area contributed by atoms with E-state index in [1.165, 1.54) is 42.7 Å². The van der Waals surface area contributed by atoms with Crippen molar-refractivity contribution in [2.24, 2.45) is 0 Å². The fourth-order valence-corrected chi connectivity index (χ4v) is 6.21. The first-order valence-corrected chi connectivity index (χ1v) is 16.8. The lowest BCUT2D eigenvalue weighted by Crippen LogP contribution is -2.27. The minimum absolute atomic E-state index is 0.0277. The minimum Gasteiger partial charge on any atom is -0.487 e. The fraction of sp³-hybridized carbons (Fsp3) is 0.0833. The molecule has 4 aromatic carbocycles. The van der Waals surface area contributed by atoms with Gasteiger partial charge in [-0.05, 0) is 84.4 Å². The molecular weight excluding hydrogens is 655 g/mol. The highest BCUT2D eigenvalue weighted by Gasteiger charge is 2.14. The first-order valence-electron chi connectivity index (χ1n) is 14.8. The number of halogens is 2. The quantitative estimate of drug-likeness (QED) is 0.127. The topological polar surface area (TPSA) is 123 Å². The SMILES string of the molecule is O=C(C=Cc1ccc(-c2ccc3ncnc(Nc4ccc(OCc5cccc(F)c5)c(Cl)c4)c3c2)o1)NCCS(=O)(=O)c1ccccc1. The van der Waals surface area contributed by atoms with E-state index in [1.54, 1.807) is 60.7 Å². The predicted molar refractivity (Wildman–Crippen MR) is 183 cm³/mol. The number of hydrogen-bond acceptors (Lipinski definition) is 8. The van der Waals surface area contributed by atoms with E-state index in [0.717, 1.165) is 10.9 Å². The highest BCUT2D eigenvalue weighted by atomic mass is 35.5. The van der Waals surface area contributed by atoms with Gasteiger partial charge in [-0.15, -0.1) is 0 Å². The lowest BCUT2D eigenvalue weighted by molar-refractivity contribution is -0.116. The number of aromatic nitrogens is 2. The second kappa shape index (κ2) is 14.5. The number of furan rings is 1. The van der Waals surface area contributed by atoms with Crippen LogP contribution in [0.2, 0.25) is 5.02 Å². The zero-order valence-corrected chi connectivity index (χ0v) is 26.8. The summed E-state index contributed by atoms with van der Waals surface area (Å²) in [5, 5.41) is 6.98. The van der Waals surface area contributed by atoms with E-state index in [9.17, 15) is 17.6 Å². The van der Waals surface area contributed by atoms with Crippen LogP contribution >= 0.6 is 11.6 Å². The van der Waals surface area contributed by atoms with Crippen LogP contribution in [0.1, 0.15) is 11.3 Å². The lowest BCUT2D eigenvalue weighted by Gasteiger charge is -2.12. The van der Waals surface area contributed by atoms with Crippen LogP contribution in [0.5, 0.6) is 5.75 Å². The van der Waals surface area contributed by atoms with Gasteiger partial charge in [-0.2, -0.15) is 0 Å². The van der Waals surface area contributed by atoms with Gasteiger partial charge in [0, 0.05) is 29.3 Å². The number of amides is 1. The van der Waals surface area contributed by atoms with E-state index in [0.29, 0.717) is 44.9 Å². The molecular formula is C36H28ClFN4O5S. The van der Waals surface area contributed by atoms with Crippen molar-refractivity contribution in [3.63, 3.8) is 0 Å². The maximum Gasteiger partial charge on any atom is 0.244 e. The Morgan fingerprint density at radius 1 is 0.938 bits per heavy atom. The van der Waals surface area contributed by atoms with Crippen LogP contribution in [-0.4, -0.2) is 36.6 Å². The summed E-state index contributed by atoms with van der Waals surface area (Å²) in [4.78, 5) is 21.3. The van der Waals surface area contributed by atoms with E-state index in [2.05, 4.69) is 20.6 Å². The van der Waals surface area contributed by atoms with Crippen LogP contribution in [0.25, 0.3) is 28.3 Å². The number of fused-ring (bicyclic) bond motifs is 1. The number of nitrogens with one attached hydrogen (secondary N) is 2. The third-order valence-corrected chi connectivity index (χ3v) is 9.22. The number of ether oxygens (including phenoxy) is 1. The largest absolute Gasteiger partial charge is 0.487 e. The normalized spacial score (nSPS) is 11.5. The molecule has 6 aromatic rings. The molecule has 48 heavy (non-hydrogen) atoms. The van der Waals surface area contributed by atoms with E-state index in [4.69, 9.17) is 20.8 Å². The van der Waals surface area contributed by atoms with E-state index < -0.39 is 15.7 Å². The van der Waals surface area contributed by atoms with Crippen molar-refractivity contribution in [1.82, 2.24) is 15.3 Å². The summed E-state index contributed by atoms with van der Waals surface area (Å²) in [6.07, 6.45) is 4.26. The van der Waals surface area contributed by atoms with E-state index in [-0.39, 0.29) is 29.6 Å². The second-order valence-electron chi connectivity index (χ2n) is 10.6. The van der Waals surface area contributed by atoms with Crippen molar-refractivity contribution < 1.29 is 26.8 Å². The molecule has 9 nitrogen and oxygen atoms in total. The fourth-order valence-electron chi connectivity index (χ4n) is 4.80. The molecule has 0 spiro atoms. The van der Waals surface area contributed by atoms with Gasteiger partial charge in [-0.25, -0.2) is 22.8 Å². The molecule has 0 radical (unpaired) electrons. The van der Waals surface area contributed by atoms with Crippen molar-refractivity contribution >= 4 is 55.8 Å². The maximum absolute atomic E-state index is 13.5. The average Bonchev–Trinajstić information content (AvgIpc) is 3.57. The van der Waals surface area contributed by atoms with Crippen LogP contribution in [0, 0.1) is 5.82 Å². The Morgan fingerprint density at radius 2 is 1.79 bits per heavy atom. The minimum atomic E-state index is -3.49. The number of anilines is 2. The molecule has 2 heterocycles. The zero-order valence-electron chi connectivity index (χ0n) is 25.3. The molecule has 0 saturated heterocycles. The molecule has 0 fully saturated rings. The number of nitrogens with zero attached hydrogens (tertiary/aromatic N) is 2. The molecule has 12 heteroatoms. The number of sulfone groups is 1. The summed E-state index contributed by atoms with van der Waals surface area (Å²) >= 11 is 6.49. The first kappa shape index (κ1) is 32.4. The Bertz CT molecular complexity index is 2230. The summed E-state index contributed by atoms with van der Waals surface area (Å²) in [5.41, 5.74) is 2.82. The van der Waals surface area contributed by atoms with Crippen molar-refractivity contribution in [1.29, 1.82) is 0 Å². The summed E-state index contributed by atoms with van der Waals surface area (Å²) < 4.78 is 50.0. The van der Waals surface area contributed by atoms with Gasteiger partial charge < -0.3 is 19.8 Å². The molecule has 6 rings (SSSR count). The molecule has 0 unspecified atom stereocenters. The average molecular weight is 683 g/mol. The van der Waals surface area contributed by atoms with Crippen molar-refractivity contribution in [3.8, 4) is 17.1 Å². The Morgan fingerprint density at radius 3 is 2.60 bits per heavy atom. The molecule has 242 valence electrons. The second-order valence-corrected chi connectivity index (χ2v) is 13.1. The molecule has 0 atom stereocenters. The molecule has 0 aliphatic heterocycles. The zero-order chi connectivity index (χ0) is 33.5. The molecule has 1 amide bonds. The predicted octanol–water partition coefficient (Wildman–Crippen LogP) is 7.61. The van der Waals surface area contributed by atoms with Gasteiger partial charge in [0.25, 0.3) is 0 Å². The van der Waals surface area contributed by atoms with Gasteiger partial charge in [-0.1, -0.05) is 41.9 Å². The molecule has 2 N–H and O–H groups in total. The van der Waals surface area contributed by atoms with Gasteiger partial charge in [0.05, 0.1) is 21.2 Å². The number of carbonyl (C=O) groups excluding carboxylic acids is 1. The number of hydrogen-bond donors (Lipinski definition) is 2. The summed E-state index contributed by atoms with van der Waals surface area (Å²) in [6.45, 7) is 0.142. The highest BCUT2D eigenvalue weighted by molar-refractivity contribution is 7.91. The van der Waals surface area contributed by atoms with Crippen molar-refractivity contribution in [2.75, 3.05) is 17.6 Å². The Hall–Kier alpha value is -5.52. The van der Waals surface area contributed by atoms with Crippen LogP contribution in [0.15, 0.2) is 125 Å². The number of carbonyl (C=O) groups is 1. The number of benzene rings is 4. The smallest absolute Gasteiger partial charge is 0.244 e. The van der Waals surface area contributed by atoms with Gasteiger partial charge in [0.15, 0.2) is 9.84 Å². The van der Waals surface area contributed by atoms with E-state index >= 15 is 0 Å². The monoisotopic (exact) mass is 682 g/mol. The molecule has 0 aliphatic carbocycles. The third-order valence-electron chi connectivity index (χ3n) is 7.20. The summed E-state index contributed by atoms with van der Waals surface area (Å²) in [6, 6.07) is 28.6. The van der Waals surface area contributed by atoms with Crippen LogP contribution < -0.4 is 15.4 Å². The van der Waals surface area contributed by atoms with Crippen LogP contribution in [0.3, 0.4) is 0 Å². The molecule has 0 aliphatic rings. The van der Waals surface area contributed by atoms with Crippen molar-refractivity contribution in [3.05, 3.63) is 138 Å². The molecule has 0 saturated carbocycles. The van der Waals surface area contributed by atoms with Crippen LogP contribution in [-0.2, 0) is 21.2 Å². The summed E-state index contributed by atoms with van der Waals surface area (Å²) in [7, 11) is -3.49. The summed E-state index contributed by atoms with van der Waals surface area (Å²) in [5.74, 6) is 1.01. The Balaban J connectivity index is 1.10. The highest BCUT2D eigenvalue weighted by Crippen LogP contribution is 2.33. The van der Waals surface area contributed by atoms with Crippen LogP contribution in [0.4, 0.5) is 15.9 Å². The number of rotatable bonds is 12. The van der Waals surface area contributed by atoms with Crippen molar-refractivity contribution in [2.45, 2.75) is 11.5 Å². The first-order chi connectivity index (χ1) is 23.2. The third kappa shape index (κ3) is 8.06. The molecule has 2 aromatic heterocycles. The molecule has 0 bridgehead atoms. The van der Waals surface area contributed by atoms with Gasteiger partial charge in [-0.3, -0.25) is 4.79 Å². The Labute approximate surface area is 281 Å². The Kier molecular flexibility index (Phi) is 9.79. The van der Waals surface area contributed by atoms with Gasteiger partial charge in [0.2, 0.25) is 5.91 Å². The maximum atomic E-state index is 13.5. The lowest BCUT2D eigenvalue weighted by atomic mass is 10.1.